The molecule has 1 aliphatic heterocycles. The van der Waals surface area contributed by atoms with E-state index >= 15 is 0 Å². The third kappa shape index (κ3) is 4.39. The minimum absolute atomic E-state index is 0. The van der Waals surface area contributed by atoms with Crippen LogP contribution in [0.25, 0.3) is 0 Å². The second kappa shape index (κ2) is 8.66. The fourth-order valence-corrected chi connectivity index (χ4v) is 8.43. The number of amides is 1. The first kappa shape index (κ1) is 22.8. The number of hydrogen-bond donors (Lipinski definition) is 1. The highest BCUT2D eigenvalue weighted by atomic mass is 35.5. The van der Waals surface area contributed by atoms with Crippen LogP contribution < -0.4 is 5.32 Å². The smallest absolute Gasteiger partial charge is 0.226 e. The van der Waals surface area contributed by atoms with E-state index in [9.17, 15) is 9.18 Å². The molecule has 1 aromatic carbocycles. The van der Waals surface area contributed by atoms with Crippen LogP contribution in [-0.4, -0.2) is 39.4 Å². The molecule has 32 heavy (non-hydrogen) atoms. The highest BCUT2D eigenvalue weighted by molar-refractivity contribution is 8.14. The summed E-state index contributed by atoms with van der Waals surface area (Å²) in [6.45, 7) is 0. The lowest BCUT2D eigenvalue weighted by Gasteiger charge is -2.55. The Hall–Kier alpha value is -0.980. The normalized spacial score (nSPS) is 36.4. The lowest BCUT2D eigenvalue weighted by Crippen LogP contribution is -2.50. The first-order valence-corrected chi connectivity index (χ1v) is 13.1. The van der Waals surface area contributed by atoms with Crippen molar-refractivity contribution in [2.75, 3.05) is 11.1 Å². The summed E-state index contributed by atoms with van der Waals surface area (Å²) in [4.78, 5) is 20.6. The first-order chi connectivity index (χ1) is 15.0. The molecule has 1 heterocycles. The van der Waals surface area contributed by atoms with E-state index in [1.807, 2.05) is 11.8 Å². The van der Waals surface area contributed by atoms with E-state index in [1.54, 1.807) is 6.07 Å². The van der Waals surface area contributed by atoms with E-state index < -0.39 is 5.82 Å². The molecule has 1 unspecified atom stereocenters. The Morgan fingerprint density at radius 3 is 2.44 bits per heavy atom. The average Bonchev–Trinajstić information content (AvgIpc) is 3.45. The molecule has 1 aromatic rings. The van der Waals surface area contributed by atoms with Gasteiger partial charge in [0.15, 0.2) is 5.17 Å². The summed E-state index contributed by atoms with van der Waals surface area (Å²) in [5, 5.41) is 4.24. The van der Waals surface area contributed by atoms with Gasteiger partial charge in [0, 0.05) is 29.3 Å². The van der Waals surface area contributed by atoms with Gasteiger partial charge >= 0.3 is 0 Å². The number of nitrogens with one attached hydrogen (secondary N) is 1. The van der Waals surface area contributed by atoms with Gasteiger partial charge in [0.1, 0.15) is 5.82 Å². The maximum Gasteiger partial charge on any atom is 0.226 e. The van der Waals surface area contributed by atoms with Crippen LogP contribution in [0.1, 0.15) is 57.8 Å². The molecule has 1 saturated heterocycles. The van der Waals surface area contributed by atoms with Gasteiger partial charge in [-0.25, -0.2) is 4.39 Å². The van der Waals surface area contributed by atoms with Crippen LogP contribution in [0.3, 0.4) is 0 Å². The summed E-state index contributed by atoms with van der Waals surface area (Å²) in [5.74, 6) is 2.89. The van der Waals surface area contributed by atoms with Gasteiger partial charge < -0.3 is 10.2 Å². The molecule has 7 rings (SSSR count). The Bertz CT molecular complexity index is 903. The highest BCUT2D eigenvalue weighted by Gasteiger charge is 2.52. The second-order valence-corrected chi connectivity index (χ2v) is 11.9. The van der Waals surface area contributed by atoms with Gasteiger partial charge in [-0.2, -0.15) is 0 Å². The maximum atomic E-state index is 14.1. The average molecular weight is 498 g/mol. The fourth-order valence-electron chi connectivity index (χ4n) is 6.95. The molecule has 174 valence electrons. The SMILES string of the molecule is Cl.O=C(CC1CSC(=NC23CC4CC(CC(C4)C2)C3)N1C1CC1)Nc1ccc(Cl)cc1F. The van der Waals surface area contributed by atoms with Crippen molar-refractivity contribution in [1.29, 1.82) is 0 Å². The summed E-state index contributed by atoms with van der Waals surface area (Å²) in [5.41, 5.74) is 0.355. The van der Waals surface area contributed by atoms with Crippen LogP contribution in [-0.2, 0) is 4.79 Å². The predicted octanol–water partition coefficient (Wildman–Crippen LogP) is 6.13. The Morgan fingerprint density at radius 1 is 1.19 bits per heavy atom. The molecular weight excluding hydrogens is 468 g/mol. The molecule has 6 aliphatic rings. The summed E-state index contributed by atoms with van der Waals surface area (Å²) in [6, 6.07) is 5.01. The highest BCUT2D eigenvalue weighted by Crippen LogP contribution is 2.57. The number of aliphatic imine (C=N–C) groups is 1. The Kier molecular flexibility index (Phi) is 6.17. The van der Waals surface area contributed by atoms with Crippen LogP contribution >= 0.6 is 35.8 Å². The standard InChI is InChI=1S/C24H29ClFN3OS.ClH/c25-17-1-4-21(20(26)8-17)27-22(30)9-19-13-31-23(29(19)18-2-3-18)28-24-10-14-5-15(11-24)7-16(6-14)12-24;/h1,4,8,14-16,18-19H,2-3,5-7,9-13H2,(H,27,30);1H. The zero-order valence-corrected chi connectivity index (χ0v) is 20.5. The minimum atomic E-state index is -0.496. The zero-order valence-electron chi connectivity index (χ0n) is 18.1. The summed E-state index contributed by atoms with van der Waals surface area (Å²) >= 11 is 7.65. The summed E-state index contributed by atoms with van der Waals surface area (Å²) in [6.07, 6.45) is 10.8. The Labute approximate surface area is 204 Å². The van der Waals surface area contributed by atoms with Crippen molar-refractivity contribution in [3.63, 3.8) is 0 Å². The molecule has 5 aliphatic carbocycles. The number of carbonyl (C=O) groups is 1. The number of benzene rings is 1. The summed E-state index contributed by atoms with van der Waals surface area (Å²) in [7, 11) is 0. The largest absolute Gasteiger partial charge is 0.344 e. The second-order valence-electron chi connectivity index (χ2n) is 10.5. The van der Waals surface area contributed by atoms with E-state index in [4.69, 9.17) is 16.6 Å². The molecule has 5 saturated carbocycles. The van der Waals surface area contributed by atoms with Crippen molar-refractivity contribution in [1.82, 2.24) is 4.90 Å². The molecule has 6 fully saturated rings. The van der Waals surface area contributed by atoms with E-state index in [0.29, 0.717) is 17.5 Å². The number of hydrogen-bond acceptors (Lipinski definition) is 3. The molecule has 1 atom stereocenters. The molecular formula is C24H30Cl2FN3OS. The van der Waals surface area contributed by atoms with Crippen molar-refractivity contribution >= 4 is 52.5 Å². The van der Waals surface area contributed by atoms with Crippen molar-refractivity contribution < 1.29 is 9.18 Å². The van der Waals surface area contributed by atoms with E-state index in [0.717, 1.165) is 23.5 Å². The quantitative estimate of drug-likeness (QED) is 0.531. The van der Waals surface area contributed by atoms with E-state index in [2.05, 4.69) is 10.2 Å². The fraction of sp³-hybridized carbons (Fsp3) is 0.667. The van der Waals surface area contributed by atoms with Crippen molar-refractivity contribution in [3.8, 4) is 0 Å². The topological polar surface area (TPSA) is 44.7 Å². The monoisotopic (exact) mass is 497 g/mol. The third-order valence-electron chi connectivity index (χ3n) is 7.92. The first-order valence-electron chi connectivity index (χ1n) is 11.7. The number of thioether (sulfide) groups is 1. The Morgan fingerprint density at radius 2 is 1.84 bits per heavy atom. The van der Waals surface area contributed by atoms with Gasteiger partial charge in [0.05, 0.1) is 11.2 Å². The van der Waals surface area contributed by atoms with Gasteiger partial charge in [-0.3, -0.25) is 9.79 Å². The van der Waals surface area contributed by atoms with Crippen LogP contribution in [0.2, 0.25) is 5.02 Å². The van der Waals surface area contributed by atoms with Crippen molar-refractivity contribution in [2.45, 2.75) is 75.4 Å². The molecule has 0 aromatic heterocycles. The third-order valence-corrected chi connectivity index (χ3v) is 9.27. The zero-order chi connectivity index (χ0) is 21.2. The van der Waals surface area contributed by atoms with E-state index in [-0.39, 0.29) is 35.6 Å². The number of nitrogens with zero attached hydrogens (tertiary/aromatic N) is 2. The van der Waals surface area contributed by atoms with Gasteiger partial charge in [-0.05, 0) is 87.3 Å². The van der Waals surface area contributed by atoms with Crippen LogP contribution in [0.5, 0.6) is 0 Å². The van der Waals surface area contributed by atoms with Crippen molar-refractivity contribution in [3.05, 3.63) is 29.0 Å². The lowest BCUT2D eigenvalue weighted by molar-refractivity contribution is -0.117. The van der Waals surface area contributed by atoms with Crippen LogP contribution in [0.4, 0.5) is 10.1 Å². The molecule has 1 amide bonds. The van der Waals surface area contributed by atoms with E-state index in [1.165, 1.54) is 68.7 Å². The molecule has 0 radical (unpaired) electrons. The van der Waals surface area contributed by atoms with Gasteiger partial charge in [-0.15, -0.1) is 12.4 Å². The summed E-state index contributed by atoms with van der Waals surface area (Å²) < 4.78 is 14.1. The molecule has 4 nitrogen and oxygen atoms in total. The molecule has 1 N–H and O–H groups in total. The predicted molar refractivity (Wildman–Crippen MR) is 131 cm³/mol. The number of carbonyl (C=O) groups excluding carboxylic acids is 1. The Balaban J connectivity index is 0.00000216. The van der Waals surface area contributed by atoms with Gasteiger partial charge in [-0.1, -0.05) is 23.4 Å². The molecule has 0 spiro atoms. The molecule has 8 heteroatoms. The number of anilines is 1. The van der Waals surface area contributed by atoms with Crippen LogP contribution in [0, 0.1) is 23.6 Å². The lowest BCUT2D eigenvalue weighted by atomic mass is 9.53. The number of halogens is 3. The van der Waals surface area contributed by atoms with Crippen LogP contribution in [0.15, 0.2) is 23.2 Å². The van der Waals surface area contributed by atoms with Gasteiger partial charge in [0.2, 0.25) is 5.91 Å². The van der Waals surface area contributed by atoms with Crippen molar-refractivity contribution in [2.24, 2.45) is 22.7 Å². The van der Waals surface area contributed by atoms with Gasteiger partial charge in [0.25, 0.3) is 0 Å². The minimum Gasteiger partial charge on any atom is -0.344 e. The number of amidine groups is 1. The number of rotatable bonds is 5. The maximum absolute atomic E-state index is 14.1. The molecule has 4 bridgehead atoms.